The van der Waals surface area contributed by atoms with Gasteiger partial charge in [-0.3, -0.25) is 4.79 Å². The molecule has 1 saturated carbocycles. The Bertz CT molecular complexity index is 488. The first kappa shape index (κ1) is 19.0. The molecule has 1 amide bonds. The van der Waals surface area contributed by atoms with Crippen molar-refractivity contribution in [3.8, 4) is 6.07 Å². The molecule has 0 aliphatic heterocycles. The smallest absolute Gasteiger partial charge is 0.326 e. The van der Waals surface area contributed by atoms with E-state index < -0.39 is 17.9 Å². The van der Waals surface area contributed by atoms with Crippen LogP contribution < -0.4 is 5.32 Å². The molecule has 6 nitrogen and oxygen atoms in total. The van der Waals surface area contributed by atoms with E-state index >= 15 is 0 Å². The second-order valence-electron chi connectivity index (χ2n) is 6.61. The van der Waals surface area contributed by atoms with Gasteiger partial charge in [-0.05, 0) is 25.2 Å². The van der Waals surface area contributed by atoms with E-state index in [1.54, 1.807) is 6.20 Å². The van der Waals surface area contributed by atoms with E-state index in [2.05, 4.69) is 5.32 Å². The second-order valence-corrected chi connectivity index (χ2v) is 6.61. The number of nitriles is 1. The summed E-state index contributed by atoms with van der Waals surface area (Å²) < 4.78 is 0. The van der Waals surface area contributed by atoms with Crippen LogP contribution in [0.5, 0.6) is 0 Å². The molecule has 1 atom stereocenters. The van der Waals surface area contributed by atoms with Gasteiger partial charge in [0.05, 0.1) is 0 Å². The maximum absolute atomic E-state index is 12.2. The van der Waals surface area contributed by atoms with Crippen LogP contribution in [0.15, 0.2) is 11.8 Å². The lowest BCUT2D eigenvalue weighted by Gasteiger charge is -2.30. The summed E-state index contributed by atoms with van der Waals surface area (Å²) in [4.78, 5) is 25.3. The first-order valence-corrected chi connectivity index (χ1v) is 8.22. The van der Waals surface area contributed by atoms with Gasteiger partial charge in [0, 0.05) is 19.3 Å². The number of carboxylic acid groups (broad SMARTS) is 1. The molecule has 1 fully saturated rings. The molecule has 1 unspecified atom stereocenters. The van der Waals surface area contributed by atoms with E-state index in [9.17, 15) is 20.0 Å². The third kappa shape index (κ3) is 6.31. The van der Waals surface area contributed by atoms with E-state index in [4.69, 9.17) is 0 Å². The largest absolute Gasteiger partial charge is 0.480 e. The second kappa shape index (κ2) is 9.19. The minimum absolute atomic E-state index is 0.0481. The van der Waals surface area contributed by atoms with Crippen molar-refractivity contribution in [3.63, 3.8) is 0 Å². The van der Waals surface area contributed by atoms with E-state index in [1.807, 2.05) is 31.9 Å². The minimum atomic E-state index is -1.08. The van der Waals surface area contributed by atoms with E-state index in [0.29, 0.717) is 12.5 Å². The minimum Gasteiger partial charge on any atom is -0.480 e. The number of amides is 1. The number of hydrogen-bond acceptors (Lipinski definition) is 4. The van der Waals surface area contributed by atoms with Gasteiger partial charge < -0.3 is 15.3 Å². The number of hydrogen-bond donors (Lipinski definition) is 2. The van der Waals surface area contributed by atoms with Crippen LogP contribution in [0.3, 0.4) is 0 Å². The van der Waals surface area contributed by atoms with Crippen LogP contribution >= 0.6 is 0 Å². The maximum atomic E-state index is 12.2. The first-order valence-electron chi connectivity index (χ1n) is 8.22. The van der Waals surface area contributed by atoms with Crippen molar-refractivity contribution >= 4 is 11.9 Å². The van der Waals surface area contributed by atoms with Crippen molar-refractivity contribution in [3.05, 3.63) is 11.8 Å². The van der Waals surface area contributed by atoms with Crippen LogP contribution in [0, 0.1) is 17.2 Å². The molecule has 0 aromatic carbocycles. The van der Waals surface area contributed by atoms with Gasteiger partial charge in [-0.15, -0.1) is 0 Å². The Balaban J connectivity index is 2.74. The average molecular weight is 321 g/mol. The molecule has 2 N–H and O–H groups in total. The molecule has 0 radical (unpaired) electrons. The van der Waals surface area contributed by atoms with Gasteiger partial charge in [0.15, 0.2) is 0 Å². The Hall–Kier alpha value is -2.03. The van der Waals surface area contributed by atoms with Crippen LogP contribution in [0.2, 0.25) is 0 Å². The molecule has 0 aromatic rings. The van der Waals surface area contributed by atoms with Gasteiger partial charge in [-0.25, -0.2) is 4.79 Å². The molecular weight excluding hydrogens is 294 g/mol. The van der Waals surface area contributed by atoms with Crippen LogP contribution in [0.1, 0.15) is 52.4 Å². The maximum Gasteiger partial charge on any atom is 0.326 e. The number of carbonyl (C=O) groups excluding carboxylic acids is 1. The molecular formula is C17H27N3O3. The fraction of sp³-hybridized carbons (Fsp3) is 0.706. The van der Waals surface area contributed by atoms with Crippen LogP contribution in [0.4, 0.5) is 0 Å². The molecule has 1 aliphatic rings. The molecule has 0 spiro atoms. The monoisotopic (exact) mass is 321 g/mol. The number of nitrogens with zero attached hydrogens (tertiary/aromatic N) is 2. The molecule has 1 rings (SSSR count). The van der Waals surface area contributed by atoms with E-state index in [0.717, 1.165) is 25.7 Å². The Morgan fingerprint density at radius 2 is 1.96 bits per heavy atom. The topological polar surface area (TPSA) is 93.4 Å². The summed E-state index contributed by atoms with van der Waals surface area (Å²) in [5.41, 5.74) is -0.0481. The predicted octanol–water partition coefficient (Wildman–Crippen LogP) is 2.27. The highest BCUT2D eigenvalue weighted by Gasteiger charge is 2.24. The first-order chi connectivity index (χ1) is 10.8. The fourth-order valence-corrected chi connectivity index (χ4v) is 2.86. The van der Waals surface area contributed by atoms with E-state index in [-0.39, 0.29) is 11.5 Å². The van der Waals surface area contributed by atoms with Crippen molar-refractivity contribution in [2.45, 2.75) is 64.5 Å². The summed E-state index contributed by atoms with van der Waals surface area (Å²) in [5.74, 6) is -1.57. The van der Waals surface area contributed by atoms with Crippen LogP contribution in [0.25, 0.3) is 0 Å². The summed E-state index contributed by atoms with van der Waals surface area (Å²) >= 11 is 0. The molecule has 0 heterocycles. The zero-order valence-electron chi connectivity index (χ0n) is 14.2. The van der Waals surface area contributed by atoms with Gasteiger partial charge in [-0.1, -0.05) is 33.1 Å². The molecule has 1 aliphatic carbocycles. The highest BCUT2D eigenvalue weighted by atomic mass is 16.4. The molecule has 23 heavy (non-hydrogen) atoms. The normalized spacial score (nSPS) is 17.4. The highest BCUT2D eigenvalue weighted by Crippen LogP contribution is 2.22. The van der Waals surface area contributed by atoms with Gasteiger partial charge in [0.25, 0.3) is 5.91 Å². The Labute approximate surface area is 138 Å². The van der Waals surface area contributed by atoms with Crippen LogP contribution in [-0.2, 0) is 9.59 Å². The molecule has 0 saturated heterocycles. The lowest BCUT2D eigenvalue weighted by Crippen LogP contribution is -2.42. The molecule has 0 aromatic heterocycles. The van der Waals surface area contributed by atoms with Gasteiger partial charge >= 0.3 is 5.97 Å². The number of carboxylic acids is 1. The van der Waals surface area contributed by atoms with Crippen molar-refractivity contribution in [2.24, 2.45) is 5.92 Å². The number of carbonyl (C=O) groups is 2. The third-order valence-corrected chi connectivity index (χ3v) is 4.16. The van der Waals surface area contributed by atoms with Crippen molar-refractivity contribution in [1.29, 1.82) is 5.26 Å². The third-order valence-electron chi connectivity index (χ3n) is 4.16. The Morgan fingerprint density at radius 1 is 1.35 bits per heavy atom. The molecule has 6 heteroatoms. The highest BCUT2D eigenvalue weighted by molar-refractivity contribution is 5.99. The summed E-state index contributed by atoms with van der Waals surface area (Å²) in [5, 5.41) is 20.9. The van der Waals surface area contributed by atoms with Gasteiger partial charge in [0.2, 0.25) is 0 Å². The Morgan fingerprint density at radius 3 is 2.43 bits per heavy atom. The number of rotatable bonds is 7. The fourth-order valence-electron chi connectivity index (χ4n) is 2.86. The van der Waals surface area contributed by atoms with Crippen LogP contribution in [-0.4, -0.2) is 41.0 Å². The van der Waals surface area contributed by atoms with Crippen molar-refractivity contribution in [2.75, 3.05) is 7.05 Å². The van der Waals surface area contributed by atoms with Gasteiger partial charge in [0.1, 0.15) is 17.7 Å². The number of aliphatic carboxylic acids is 1. The summed E-state index contributed by atoms with van der Waals surface area (Å²) in [6.07, 6.45) is 7.53. The zero-order chi connectivity index (χ0) is 17.4. The lowest BCUT2D eigenvalue weighted by molar-refractivity contribution is -0.141. The standard InChI is InChI=1S/C17H27N3O3/c1-12(2)9-15(17(22)23)19-16(21)13(10-18)11-20(3)14-7-5-4-6-8-14/h11-12,14-15H,4-9H2,1-3H3,(H,19,21)(H,22,23)/b13-11-. The Kier molecular flexibility index (Phi) is 7.60. The van der Waals surface area contributed by atoms with Crippen molar-refractivity contribution in [1.82, 2.24) is 10.2 Å². The summed E-state index contributed by atoms with van der Waals surface area (Å²) in [6, 6.07) is 1.25. The van der Waals surface area contributed by atoms with E-state index in [1.165, 1.54) is 6.42 Å². The number of nitrogens with one attached hydrogen (secondary N) is 1. The summed E-state index contributed by atoms with van der Waals surface area (Å²) in [7, 11) is 1.86. The SMILES string of the molecule is CC(C)CC(NC(=O)/C(C#N)=C\N(C)C1CCCCC1)C(=O)O. The zero-order valence-corrected chi connectivity index (χ0v) is 14.2. The average Bonchev–Trinajstić information content (AvgIpc) is 2.51. The lowest BCUT2D eigenvalue weighted by atomic mass is 9.94. The molecule has 128 valence electrons. The molecule has 0 bridgehead atoms. The predicted molar refractivity (Wildman–Crippen MR) is 87.4 cm³/mol. The van der Waals surface area contributed by atoms with Gasteiger partial charge in [-0.2, -0.15) is 5.26 Å². The quantitative estimate of drug-likeness (QED) is 0.554. The van der Waals surface area contributed by atoms with Crippen molar-refractivity contribution < 1.29 is 14.7 Å². The summed E-state index contributed by atoms with van der Waals surface area (Å²) in [6.45, 7) is 3.78.